The van der Waals surface area contributed by atoms with Gasteiger partial charge in [0.1, 0.15) is 11.5 Å². The first-order chi connectivity index (χ1) is 13.8. The Bertz CT molecular complexity index is 1140. The zero-order valence-electron chi connectivity index (χ0n) is 15.6. The highest BCUT2D eigenvalue weighted by atomic mass is 35.5. The van der Waals surface area contributed by atoms with Gasteiger partial charge in [0.2, 0.25) is 0 Å². The second kappa shape index (κ2) is 8.68. The lowest BCUT2D eigenvalue weighted by Gasteiger charge is -2.12. The standard InChI is InChI=1S/C22H19ClO5S/c1-2-29(26,27)19-8-9-21(20(23)14-19)28-18-11-15(12-22(24)25)10-17(13-18)16-6-4-3-5-7-16/h3-11,13-14H,2,12H2,1H3,(H,24,25). The predicted octanol–water partition coefficient (Wildman–Crippen LogP) is 5.22. The molecule has 0 spiro atoms. The third-order valence-corrected chi connectivity index (χ3v) is 6.33. The number of benzene rings is 3. The number of halogens is 1. The number of aliphatic carboxylic acids is 1. The predicted molar refractivity (Wildman–Crippen MR) is 112 cm³/mol. The van der Waals surface area contributed by atoms with Gasteiger partial charge in [0, 0.05) is 0 Å². The van der Waals surface area contributed by atoms with Crippen LogP contribution in [0.2, 0.25) is 5.02 Å². The minimum Gasteiger partial charge on any atom is -0.481 e. The zero-order valence-corrected chi connectivity index (χ0v) is 17.2. The molecule has 7 heteroatoms. The number of ether oxygens (including phenoxy) is 1. The molecular formula is C22H19ClO5S. The number of carboxylic acid groups (broad SMARTS) is 1. The van der Waals surface area contributed by atoms with Gasteiger partial charge in [-0.3, -0.25) is 4.79 Å². The first kappa shape index (κ1) is 20.9. The summed E-state index contributed by atoms with van der Waals surface area (Å²) in [6.07, 6.45) is -0.154. The van der Waals surface area contributed by atoms with E-state index in [1.165, 1.54) is 18.2 Å². The summed E-state index contributed by atoms with van der Waals surface area (Å²) < 4.78 is 29.9. The van der Waals surface area contributed by atoms with Crippen LogP contribution in [0.5, 0.6) is 11.5 Å². The maximum absolute atomic E-state index is 12.0. The number of carboxylic acids is 1. The topological polar surface area (TPSA) is 80.7 Å². The lowest BCUT2D eigenvalue weighted by atomic mass is 10.0. The van der Waals surface area contributed by atoms with Crippen molar-refractivity contribution < 1.29 is 23.1 Å². The van der Waals surface area contributed by atoms with Crippen molar-refractivity contribution in [1.29, 1.82) is 0 Å². The van der Waals surface area contributed by atoms with Gasteiger partial charge >= 0.3 is 5.97 Å². The van der Waals surface area contributed by atoms with Crippen LogP contribution in [-0.2, 0) is 21.1 Å². The van der Waals surface area contributed by atoms with Gasteiger partial charge < -0.3 is 9.84 Å². The summed E-state index contributed by atoms with van der Waals surface area (Å²) in [5.74, 6) is -0.279. The van der Waals surface area contributed by atoms with Gasteiger partial charge in [0.05, 0.1) is 22.1 Å². The number of rotatable bonds is 7. The Kier molecular flexibility index (Phi) is 6.25. The number of sulfone groups is 1. The Morgan fingerprint density at radius 1 is 1.00 bits per heavy atom. The molecule has 0 aliphatic rings. The number of hydrogen-bond acceptors (Lipinski definition) is 4. The van der Waals surface area contributed by atoms with Gasteiger partial charge in [-0.05, 0) is 47.0 Å². The first-order valence-electron chi connectivity index (χ1n) is 8.90. The van der Waals surface area contributed by atoms with Crippen LogP contribution in [0, 0.1) is 0 Å². The zero-order chi connectivity index (χ0) is 21.0. The van der Waals surface area contributed by atoms with Crippen molar-refractivity contribution in [2.24, 2.45) is 0 Å². The Morgan fingerprint density at radius 2 is 1.72 bits per heavy atom. The Hall–Kier alpha value is -2.83. The molecule has 1 N–H and O–H groups in total. The van der Waals surface area contributed by atoms with Crippen molar-refractivity contribution in [2.75, 3.05) is 5.75 Å². The van der Waals surface area contributed by atoms with Crippen LogP contribution in [0.25, 0.3) is 11.1 Å². The molecule has 0 saturated carbocycles. The lowest BCUT2D eigenvalue weighted by Crippen LogP contribution is -2.03. The van der Waals surface area contributed by atoms with E-state index < -0.39 is 15.8 Å². The molecule has 0 amide bonds. The fourth-order valence-corrected chi connectivity index (χ4v) is 4.03. The molecule has 0 unspecified atom stereocenters. The van der Waals surface area contributed by atoms with Crippen LogP contribution in [0.4, 0.5) is 0 Å². The summed E-state index contributed by atoms with van der Waals surface area (Å²) in [4.78, 5) is 11.3. The van der Waals surface area contributed by atoms with E-state index in [1.54, 1.807) is 25.1 Å². The highest BCUT2D eigenvalue weighted by Gasteiger charge is 2.15. The third kappa shape index (κ3) is 5.16. The molecule has 3 aromatic rings. The summed E-state index contributed by atoms with van der Waals surface area (Å²) in [5, 5.41) is 9.32. The van der Waals surface area contributed by atoms with Gasteiger partial charge in [-0.15, -0.1) is 0 Å². The van der Waals surface area contributed by atoms with Gasteiger partial charge in [-0.2, -0.15) is 0 Å². The molecule has 0 aliphatic carbocycles. The average Bonchev–Trinajstić information content (AvgIpc) is 2.69. The second-order valence-electron chi connectivity index (χ2n) is 6.40. The Balaban J connectivity index is 1.99. The molecule has 150 valence electrons. The summed E-state index contributed by atoms with van der Waals surface area (Å²) >= 11 is 6.24. The van der Waals surface area contributed by atoms with Crippen LogP contribution >= 0.6 is 11.6 Å². The van der Waals surface area contributed by atoms with Crippen molar-refractivity contribution in [3.8, 4) is 22.6 Å². The Morgan fingerprint density at radius 3 is 2.34 bits per heavy atom. The average molecular weight is 431 g/mol. The molecular weight excluding hydrogens is 412 g/mol. The van der Waals surface area contributed by atoms with Crippen LogP contribution in [-0.4, -0.2) is 25.2 Å². The van der Waals surface area contributed by atoms with E-state index >= 15 is 0 Å². The third-order valence-electron chi connectivity index (χ3n) is 4.30. The van der Waals surface area contributed by atoms with E-state index in [1.807, 2.05) is 30.3 Å². The fraction of sp³-hybridized carbons (Fsp3) is 0.136. The SMILES string of the molecule is CCS(=O)(=O)c1ccc(Oc2cc(CC(=O)O)cc(-c3ccccc3)c2)c(Cl)c1. The quantitative estimate of drug-likeness (QED) is 0.555. The molecule has 0 aromatic heterocycles. The maximum atomic E-state index is 12.0. The number of hydrogen-bond donors (Lipinski definition) is 1. The smallest absolute Gasteiger partial charge is 0.307 e. The molecule has 0 saturated heterocycles. The molecule has 0 aliphatic heterocycles. The molecule has 29 heavy (non-hydrogen) atoms. The molecule has 0 atom stereocenters. The molecule has 3 rings (SSSR count). The van der Waals surface area contributed by atoms with Crippen molar-refractivity contribution in [1.82, 2.24) is 0 Å². The van der Waals surface area contributed by atoms with Crippen LogP contribution in [0.15, 0.2) is 71.6 Å². The van der Waals surface area contributed by atoms with Crippen LogP contribution < -0.4 is 4.74 Å². The second-order valence-corrected chi connectivity index (χ2v) is 9.09. The van der Waals surface area contributed by atoms with Crippen LogP contribution in [0.3, 0.4) is 0 Å². The van der Waals surface area contributed by atoms with Gasteiger partial charge in [-0.1, -0.05) is 54.9 Å². The monoisotopic (exact) mass is 430 g/mol. The van der Waals surface area contributed by atoms with E-state index in [-0.39, 0.29) is 27.8 Å². The maximum Gasteiger partial charge on any atom is 0.307 e. The Labute approximate surface area is 174 Å². The summed E-state index contributed by atoms with van der Waals surface area (Å²) in [6.45, 7) is 1.56. The summed E-state index contributed by atoms with van der Waals surface area (Å²) in [7, 11) is -3.38. The van der Waals surface area contributed by atoms with Crippen molar-refractivity contribution in [3.63, 3.8) is 0 Å². The minimum atomic E-state index is -3.38. The van der Waals surface area contributed by atoms with E-state index in [0.29, 0.717) is 11.3 Å². The van der Waals surface area contributed by atoms with Gasteiger partial charge in [-0.25, -0.2) is 8.42 Å². The minimum absolute atomic E-state index is 0.0266. The van der Waals surface area contributed by atoms with E-state index in [2.05, 4.69) is 0 Å². The highest BCUT2D eigenvalue weighted by molar-refractivity contribution is 7.91. The lowest BCUT2D eigenvalue weighted by molar-refractivity contribution is -0.136. The highest BCUT2D eigenvalue weighted by Crippen LogP contribution is 2.34. The molecule has 3 aromatic carbocycles. The van der Waals surface area contributed by atoms with E-state index in [4.69, 9.17) is 21.4 Å². The normalized spacial score (nSPS) is 11.2. The number of carbonyl (C=O) groups is 1. The van der Waals surface area contributed by atoms with Gasteiger partial charge in [0.25, 0.3) is 0 Å². The molecule has 0 bridgehead atoms. The molecule has 0 fully saturated rings. The van der Waals surface area contributed by atoms with Gasteiger partial charge in [0.15, 0.2) is 9.84 Å². The van der Waals surface area contributed by atoms with Crippen molar-refractivity contribution in [3.05, 3.63) is 77.3 Å². The van der Waals surface area contributed by atoms with E-state index in [9.17, 15) is 13.2 Å². The molecule has 0 heterocycles. The first-order valence-corrected chi connectivity index (χ1v) is 10.9. The van der Waals surface area contributed by atoms with E-state index in [0.717, 1.165) is 11.1 Å². The molecule has 0 radical (unpaired) electrons. The van der Waals surface area contributed by atoms with Crippen LogP contribution in [0.1, 0.15) is 12.5 Å². The van der Waals surface area contributed by atoms with Crippen molar-refractivity contribution in [2.45, 2.75) is 18.2 Å². The summed E-state index contributed by atoms with van der Waals surface area (Å²) in [6, 6.07) is 19.0. The molecule has 5 nitrogen and oxygen atoms in total. The largest absolute Gasteiger partial charge is 0.481 e. The summed E-state index contributed by atoms with van der Waals surface area (Å²) in [5.41, 5.74) is 2.30. The van der Waals surface area contributed by atoms with Crippen molar-refractivity contribution >= 4 is 27.4 Å². The fourth-order valence-electron chi connectivity index (χ4n) is 2.85.